The summed E-state index contributed by atoms with van der Waals surface area (Å²) < 4.78 is 45.7. The van der Waals surface area contributed by atoms with Gasteiger partial charge in [0.15, 0.2) is 5.16 Å². The summed E-state index contributed by atoms with van der Waals surface area (Å²) in [4.78, 5) is 2.49. The van der Waals surface area contributed by atoms with Crippen molar-refractivity contribution in [3.63, 3.8) is 0 Å². The molecule has 1 aromatic carbocycles. The standard InChI is InChI=1S/C23H26F3N5OS.ClH/c1-15-12-19(32-29-15)20-27-28-21(30(20)2)33-11-3-9-31-10-8-22(14-31)13-18(22)16-4-6-17(7-5-16)23(24,25)26;/h4-7,12,18H,3,8-11,13-14H2,1-2H3;1H/t18-,22+;/m1./s1. The number of alkyl halides is 3. The van der Waals surface area contributed by atoms with E-state index in [0.29, 0.717) is 17.5 Å². The fourth-order valence-corrected chi connectivity index (χ4v) is 5.76. The second kappa shape index (κ2) is 9.54. The summed E-state index contributed by atoms with van der Waals surface area (Å²) in [5.74, 6) is 2.61. The maximum atomic E-state index is 12.8. The van der Waals surface area contributed by atoms with Crippen LogP contribution in [0.1, 0.15) is 42.0 Å². The highest BCUT2D eigenvalue weighted by molar-refractivity contribution is 7.99. The van der Waals surface area contributed by atoms with Gasteiger partial charge in [-0.1, -0.05) is 29.1 Å². The molecule has 34 heavy (non-hydrogen) atoms. The molecule has 0 bridgehead atoms. The molecule has 0 N–H and O–H groups in total. The molecular weight excluding hydrogens is 487 g/mol. The third-order valence-electron chi connectivity index (χ3n) is 6.83. The molecule has 1 aliphatic carbocycles. The highest BCUT2D eigenvalue weighted by Gasteiger charge is 2.57. The van der Waals surface area contributed by atoms with Gasteiger partial charge in [0.2, 0.25) is 11.6 Å². The van der Waals surface area contributed by atoms with Crippen molar-refractivity contribution in [3.05, 3.63) is 47.2 Å². The lowest BCUT2D eigenvalue weighted by Gasteiger charge is -2.16. The van der Waals surface area contributed by atoms with Crippen LogP contribution in [-0.2, 0) is 13.2 Å². The summed E-state index contributed by atoms with van der Waals surface area (Å²) in [5.41, 5.74) is 1.53. The molecule has 5 rings (SSSR count). The van der Waals surface area contributed by atoms with Crippen LogP contribution in [-0.4, -0.2) is 50.2 Å². The zero-order valence-corrected chi connectivity index (χ0v) is 20.6. The Morgan fingerprint density at radius 2 is 1.97 bits per heavy atom. The number of likely N-dealkylation sites (tertiary alicyclic amines) is 1. The van der Waals surface area contributed by atoms with E-state index >= 15 is 0 Å². The van der Waals surface area contributed by atoms with Gasteiger partial charge in [-0.05, 0) is 68.3 Å². The van der Waals surface area contributed by atoms with Crippen molar-refractivity contribution >= 4 is 24.2 Å². The first-order chi connectivity index (χ1) is 15.7. The average Bonchev–Trinajstić information content (AvgIpc) is 3.06. The number of hydrogen-bond acceptors (Lipinski definition) is 6. The lowest BCUT2D eigenvalue weighted by atomic mass is 9.97. The number of thioether (sulfide) groups is 1. The average molecular weight is 514 g/mol. The number of hydrogen-bond donors (Lipinski definition) is 0. The van der Waals surface area contributed by atoms with Crippen molar-refractivity contribution in [3.8, 4) is 11.6 Å². The van der Waals surface area contributed by atoms with Crippen LogP contribution in [0.25, 0.3) is 11.6 Å². The molecule has 1 saturated heterocycles. The predicted molar refractivity (Wildman–Crippen MR) is 126 cm³/mol. The second-order valence-corrected chi connectivity index (χ2v) is 10.2. The molecule has 2 aromatic heterocycles. The van der Waals surface area contributed by atoms with Gasteiger partial charge in [0.1, 0.15) is 0 Å². The van der Waals surface area contributed by atoms with Gasteiger partial charge in [0.25, 0.3) is 0 Å². The van der Waals surface area contributed by atoms with Crippen LogP contribution in [0, 0.1) is 12.3 Å². The van der Waals surface area contributed by atoms with Crippen molar-refractivity contribution < 1.29 is 17.7 Å². The molecule has 184 valence electrons. The zero-order valence-electron chi connectivity index (χ0n) is 19.0. The monoisotopic (exact) mass is 513 g/mol. The molecule has 2 aliphatic rings. The van der Waals surface area contributed by atoms with Gasteiger partial charge in [-0.15, -0.1) is 22.6 Å². The third-order valence-corrected chi connectivity index (χ3v) is 7.93. The van der Waals surface area contributed by atoms with Crippen molar-refractivity contribution in [2.75, 3.05) is 25.4 Å². The summed E-state index contributed by atoms with van der Waals surface area (Å²) in [6, 6.07) is 7.60. The Kier molecular flexibility index (Phi) is 7.04. The summed E-state index contributed by atoms with van der Waals surface area (Å²) in [5, 5.41) is 13.2. The van der Waals surface area contributed by atoms with Gasteiger partial charge >= 0.3 is 6.18 Å². The molecular formula is C23H27ClF3N5OS. The fraction of sp³-hybridized carbons (Fsp3) is 0.522. The van der Waals surface area contributed by atoms with Crippen LogP contribution >= 0.6 is 24.2 Å². The topological polar surface area (TPSA) is 60.0 Å². The SMILES string of the molecule is Cc1cc(-c2nnc(SCCCN3CC[C@]4(C[C@@H]4c4ccc(C(F)(F)F)cc4)C3)n2C)on1.Cl. The van der Waals surface area contributed by atoms with Gasteiger partial charge in [-0.3, -0.25) is 0 Å². The van der Waals surface area contributed by atoms with Crippen LogP contribution in [0.3, 0.4) is 0 Å². The lowest BCUT2D eigenvalue weighted by Crippen LogP contribution is -2.23. The minimum absolute atomic E-state index is 0. The Hall–Kier alpha value is -2.04. The van der Waals surface area contributed by atoms with Crippen LogP contribution in [0.5, 0.6) is 0 Å². The molecule has 0 amide bonds. The van der Waals surface area contributed by atoms with Crippen LogP contribution in [0.2, 0.25) is 0 Å². The Morgan fingerprint density at radius 1 is 1.21 bits per heavy atom. The van der Waals surface area contributed by atoms with E-state index in [9.17, 15) is 13.2 Å². The molecule has 1 saturated carbocycles. The number of benzene rings is 1. The molecule has 2 atom stereocenters. The third kappa shape index (κ3) is 4.99. The zero-order chi connectivity index (χ0) is 23.2. The lowest BCUT2D eigenvalue weighted by molar-refractivity contribution is -0.137. The van der Waals surface area contributed by atoms with Crippen molar-refractivity contribution in [2.24, 2.45) is 12.5 Å². The van der Waals surface area contributed by atoms with Gasteiger partial charge in [-0.2, -0.15) is 13.2 Å². The first-order valence-electron chi connectivity index (χ1n) is 11.1. The van der Waals surface area contributed by atoms with Crippen molar-refractivity contribution in [2.45, 2.75) is 43.4 Å². The molecule has 3 aromatic rings. The maximum Gasteiger partial charge on any atom is 0.416 e. The van der Waals surface area contributed by atoms with Crippen molar-refractivity contribution in [1.29, 1.82) is 0 Å². The highest BCUT2D eigenvalue weighted by Crippen LogP contribution is 2.64. The number of aromatic nitrogens is 4. The molecule has 11 heteroatoms. The molecule has 1 spiro atoms. The summed E-state index contributed by atoms with van der Waals surface area (Å²) >= 11 is 1.68. The van der Waals surface area contributed by atoms with Crippen molar-refractivity contribution in [1.82, 2.24) is 24.8 Å². The smallest absolute Gasteiger partial charge is 0.353 e. The van der Waals surface area contributed by atoms with Crippen LogP contribution < -0.4 is 0 Å². The van der Waals surface area contributed by atoms with Gasteiger partial charge in [0, 0.05) is 25.4 Å². The largest absolute Gasteiger partial charge is 0.416 e. The van der Waals surface area contributed by atoms with E-state index in [4.69, 9.17) is 4.52 Å². The molecule has 6 nitrogen and oxygen atoms in total. The van der Waals surface area contributed by atoms with E-state index in [2.05, 4.69) is 20.3 Å². The Labute approximate surface area is 206 Å². The molecule has 0 unspecified atom stereocenters. The second-order valence-electron chi connectivity index (χ2n) is 9.16. The Morgan fingerprint density at radius 3 is 2.65 bits per heavy atom. The number of halogens is 4. The summed E-state index contributed by atoms with van der Waals surface area (Å²) in [6.45, 7) is 4.97. The summed E-state index contributed by atoms with van der Waals surface area (Å²) in [7, 11) is 1.92. The quantitative estimate of drug-likeness (QED) is 0.303. The molecule has 1 aliphatic heterocycles. The van der Waals surface area contributed by atoms with E-state index < -0.39 is 11.7 Å². The van der Waals surface area contributed by atoms with E-state index in [1.54, 1.807) is 23.9 Å². The maximum absolute atomic E-state index is 12.8. The minimum atomic E-state index is -4.27. The number of nitrogens with zero attached hydrogens (tertiary/aromatic N) is 5. The van der Waals surface area contributed by atoms with Gasteiger partial charge in [0.05, 0.1) is 11.3 Å². The van der Waals surface area contributed by atoms with E-state index in [-0.39, 0.29) is 17.8 Å². The van der Waals surface area contributed by atoms with Crippen LogP contribution in [0.4, 0.5) is 13.2 Å². The predicted octanol–water partition coefficient (Wildman–Crippen LogP) is 5.58. The molecule has 3 heterocycles. The fourth-order valence-electron chi connectivity index (χ4n) is 4.93. The Balaban J connectivity index is 0.00000274. The Bertz CT molecular complexity index is 1130. The normalized spacial score (nSPS) is 22.3. The minimum Gasteiger partial charge on any atom is -0.353 e. The number of rotatable bonds is 7. The first kappa shape index (κ1) is 25.1. The highest BCUT2D eigenvalue weighted by atomic mass is 35.5. The van der Waals surface area contributed by atoms with E-state index in [1.807, 2.05) is 24.6 Å². The summed E-state index contributed by atoms with van der Waals surface area (Å²) in [6.07, 6.45) is -1.04. The molecule has 2 fully saturated rings. The first-order valence-corrected chi connectivity index (χ1v) is 12.1. The van der Waals surface area contributed by atoms with Gasteiger partial charge in [-0.25, -0.2) is 0 Å². The van der Waals surface area contributed by atoms with Crippen LogP contribution in [0.15, 0.2) is 40.0 Å². The van der Waals surface area contributed by atoms with E-state index in [0.717, 1.165) is 61.1 Å². The number of aryl methyl sites for hydroxylation is 1. The van der Waals surface area contributed by atoms with Gasteiger partial charge < -0.3 is 14.0 Å². The molecule has 0 radical (unpaired) electrons. The van der Waals surface area contributed by atoms with E-state index in [1.165, 1.54) is 12.1 Å².